The molecule has 1 amide bonds. The highest BCUT2D eigenvalue weighted by Gasteiger charge is 2.13. The summed E-state index contributed by atoms with van der Waals surface area (Å²) in [5.74, 6) is 0.0459. The van der Waals surface area contributed by atoms with Gasteiger partial charge in [0.05, 0.1) is 17.0 Å². The first kappa shape index (κ1) is 18.5. The van der Waals surface area contributed by atoms with Gasteiger partial charge in [-0.1, -0.05) is 54.8 Å². The molecule has 0 atom stereocenters. The number of aromatic nitrogens is 2. The van der Waals surface area contributed by atoms with E-state index in [1.165, 1.54) is 4.90 Å². The third-order valence-electron chi connectivity index (χ3n) is 3.44. The number of nitrogens with one attached hydrogen (secondary N) is 1. The molecular weight excluding hydrogens is 370 g/mol. The predicted molar refractivity (Wildman–Crippen MR) is 105 cm³/mol. The number of carbonyl (C=O) groups is 1. The second-order valence-electron chi connectivity index (χ2n) is 5.93. The van der Waals surface area contributed by atoms with Crippen LogP contribution in [0.5, 0.6) is 0 Å². The van der Waals surface area contributed by atoms with Gasteiger partial charge in [0.2, 0.25) is 5.91 Å². The number of thioether (sulfide) groups is 1. The third kappa shape index (κ3) is 4.86. The summed E-state index contributed by atoms with van der Waals surface area (Å²) >= 11 is 7.89. The second kappa shape index (κ2) is 8.38. The Labute approximate surface area is 161 Å². The van der Waals surface area contributed by atoms with Crippen LogP contribution >= 0.6 is 23.4 Å². The van der Waals surface area contributed by atoms with E-state index in [0.29, 0.717) is 15.8 Å². The summed E-state index contributed by atoms with van der Waals surface area (Å²) in [4.78, 5) is 13.4. The molecule has 7 heteroatoms. The molecule has 3 rings (SSSR count). The number of amides is 1. The summed E-state index contributed by atoms with van der Waals surface area (Å²) in [5, 5.41) is 11.4. The van der Waals surface area contributed by atoms with Gasteiger partial charge in [-0.25, -0.2) is 0 Å². The fourth-order valence-electron chi connectivity index (χ4n) is 2.32. The van der Waals surface area contributed by atoms with Crippen LogP contribution in [0.3, 0.4) is 0 Å². The van der Waals surface area contributed by atoms with Gasteiger partial charge in [0, 0.05) is 10.1 Å². The molecule has 0 bridgehead atoms. The average Bonchev–Trinajstić information content (AvgIpc) is 3.04. The van der Waals surface area contributed by atoms with Crippen molar-refractivity contribution in [2.24, 2.45) is 0 Å². The SMILES string of the molecule is CC(C)Sc1ccc(CC(=O)Nc2nnc(-c3ccccc3Cl)o2)cc1. The van der Waals surface area contributed by atoms with Gasteiger partial charge in [-0.15, -0.1) is 16.9 Å². The van der Waals surface area contributed by atoms with Crippen LogP contribution in [0.25, 0.3) is 11.5 Å². The first-order valence-electron chi connectivity index (χ1n) is 8.15. The summed E-state index contributed by atoms with van der Waals surface area (Å²) in [5.41, 5.74) is 1.54. The Morgan fingerprint density at radius 2 is 1.88 bits per heavy atom. The van der Waals surface area contributed by atoms with Gasteiger partial charge >= 0.3 is 6.01 Å². The molecule has 2 aromatic carbocycles. The Balaban J connectivity index is 1.61. The summed E-state index contributed by atoms with van der Waals surface area (Å²) in [6.07, 6.45) is 0.233. The van der Waals surface area contributed by atoms with E-state index in [9.17, 15) is 4.79 Å². The zero-order valence-corrected chi connectivity index (χ0v) is 16.0. The molecular formula is C19H18ClN3O2S. The zero-order chi connectivity index (χ0) is 18.5. The summed E-state index contributed by atoms with van der Waals surface area (Å²) in [7, 11) is 0. The first-order chi connectivity index (χ1) is 12.5. The Bertz CT molecular complexity index is 894. The van der Waals surface area contributed by atoms with Gasteiger partial charge in [-0.05, 0) is 29.8 Å². The zero-order valence-electron chi connectivity index (χ0n) is 14.4. The molecule has 3 aromatic rings. The Morgan fingerprint density at radius 1 is 1.15 bits per heavy atom. The number of nitrogens with zero attached hydrogens (tertiary/aromatic N) is 2. The quantitative estimate of drug-likeness (QED) is 0.598. The molecule has 1 heterocycles. The normalized spacial score (nSPS) is 10.9. The maximum absolute atomic E-state index is 12.2. The summed E-state index contributed by atoms with van der Waals surface area (Å²) in [6, 6.07) is 15.2. The molecule has 0 saturated carbocycles. The predicted octanol–water partition coefficient (Wildman–Crippen LogP) is 5.07. The molecule has 0 saturated heterocycles. The second-order valence-corrected chi connectivity index (χ2v) is 7.98. The lowest BCUT2D eigenvalue weighted by atomic mass is 10.1. The fourth-order valence-corrected chi connectivity index (χ4v) is 3.38. The molecule has 0 fully saturated rings. The van der Waals surface area contributed by atoms with Gasteiger partial charge in [0.25, 0.3) is 5.89 Å². The van der Waals surface area contributed by atoms with Crippen LogP contribution in [-0.2, 0) is 11.2 Å². The first-order valence-corrected chi connectivity index (χ1v) is 9.41. The highest BCUT2D eigenvalue weighted by atomic mass is 35.5. The molecule has 0 spiro atoms. The number of benzene rings is 2. The van der Waals surface area contributed by atoms with E-state index in [1.807, 2.05) is 36.4 Å². The van der Waals surface area contributed by atoms with Crippen LogP contribution < -0.4 is 5.32 Å². The smallest absolute Gasteiger partial charge is 0.322 e. The largest absolute Gasteiger partial charge is 0.403 e. The minimum atomic E-state index is -0.219. The topological polar surface area (TPSA) is 68.0 Å². The molecule has 134 valence electrons. The van der Waals surface area contributed by atoms with Crippen LogP contribution in [-0.4, -0.2) is 21.4 Å². The molecule has 0 aliphatic rings. The van der Waals surface area contributed by atoms with Crippen LogP contribution in [0.15, 0.2) is 57.8 Å². The molecule has 0 aliphatic carbocycles. The average molecular weight is 388 g/mol. The van der Waals surface area contributed by atoms with E-state index in [2.05, 4.69) is 29.4 Å². The van der Waals surface area contributed by atoms with E-state index in [1.54, 1.807) is 23.9 Å². The lowest BCUT2D eigenvalue weighted by Gasteiger charge is -2.06. The van der Waals surface area contributed by atoms with Crippen molar-refractivity contribution in [3.05, 3.63) is 59.1 Å². The maximum atomic E-state index is 12.2. The number of hydrogen-bond acceptors (Lipinski definition) is 5. The van der Waals surface area contributed by atoms with E-state index in [4.69, 9.17) is 16.0 Å². The number of carbonyl (C=O) groups excluding carboxylic acids is 1. The van der Waals surface area contributed by atoms with E-state index < -0.39 is 0 Å². The third-order valence-corrected chi connectivity index (χ3v) is 4.78. The Morgan fingerprint density at radius 3 is 2.58 bits per heavy atom. The highest BCUT2D eigenvalue weighted by molar-refractivity contribution is 7.99. The summed E-state index contributed by atoms with van der Waals surface area (Å²) < 4.78 is 5.48. The van der Waals surface area contributed by atoms with Crippen molar-refractivity contribution in [1.29, 1.82) is 0 Å². The van der Waals surface area contributed by atoms with E-state index >= 15 is 0 Å². The van der Waals surface area contributed by atoms with Crippen molar-refractivity contribution in [1.82, 2.24) is 10.2 Å². The van der Waals surface area contributed by atoms with E-state index in [0.717, 1.165) is 5.56 Å². The Hall–Kier alpha value is -2.31. The van der Waals surface area contributed by atoms with Crippen molar-refractivity contribution >= 4 is 35.3 Å². The summed E-state index contributed by atoms with van der Waals surface area (Å²) in [6.45, 7) is 4.29. The minimum Gasteiger partial charge on any atom is -0.403 e. The van der Waals surface area contributed by atoms with Gasteiger partial charge in [-0.3, -0.25) is 10.1 Å². The molecule has 5 nitrogen and oxygen atoms in total. The van der Waals surface area contributed by atoms with Crippen LogP contribution in [0.4, 0.5) is 6.01 Å². The number of anilines is 1. The van der Waals surface area contributed by atoms with Gasteiger partial charge in [0.1, 0.15) is 0 Å². The maximum Gasteiger partial charge on any atom is 0.322 e. The molecule has 0 unspecified atom stereocenters. The highest BCUT2D eigenvalue weighted by Crippen LogP contribution is 2.27. The fraction of sp³-hybridized carbons (Fsp3) is 0.211. The minimum absolute atomic E-state index is 0.0527. The number of hydrogen-bond donors (Lipinski definition) is 1. The number of halogens is 1. The lowest BCUT2D eigenvalue weighted by molar-refractivity contribution is -0.115. The van der Waals surface area contributed by atoms with Gasteiger partial charge in [-0.2, -0.15) is 0 Å². The van der Waals surface area contributed by atoms with Crippen molar-refractivity contribution in [3.63, 3.8) is 0 Å². The van der Waals surface area contributed by atoms with Crippen molar-refractivity contribution in [2.75, 3.05) is 5.32 Å². The van der Waals surface area contributed by atoms with Crippen molar-refractivity contribution in [3.8, 4) is 11.5 Å². The molecule has 0 radical (unpaired) electrons. The van der Waals surface area contributed by atoms with Crippen molar-refractivity contribution < 1.29 is 9.21 Å². The molecule has 1 N–H and O–H groups in total. The lowest BCUT2D eigenvalue weighted by Crippen LogP contribution is -2.14. The standard InChI is InChI=1S/C19H18ClN3O2S/c1-12(2)26-14-9-7-13(8-10-14)11-17(24)21-19-23-22-18(25-19)15-5-3-4-6-16(15)20/h3-10,12H,11H2,1-2H3,(H,21,23,24). The molecule has 0 aliphatic heterocycles. The number of rotatable bonds is 6. The van der Waals surface area contributed by atoms with Gasteiger partial charge < -0.3 is 4.42 Å². The Kier molecular flexibility index (Phi) is 5.96. The monoisotopic (exact) mass is 387 g/mol. The molecule has 26 heavy (non-hydrogen) atoms. The molecule has 1 aromatic heterocycles. The van der Waals surface area contributed by atoms with E-state index in [-0.39, 0.29) is 24.2 Å². The van der Waals surface area contributed by atoms with Crippen LogP contribution in [0.1, 0.15) is 19.4 Å². The van der Waals surface area contributed by atoms with Crippen LogP contribution in [0.2, 0.25) is 5.02 Å². The van der Waals surface area contributed by atoms with Gasteiger partial charge in [0.15, 0.2) is 0 Å². The van der Waals surface area contributed by atoms with Crippen molar-refractivity contribution in [2.45, 2.75) is 30.4 Å². The van der Waals surface area contributed by atoms with Crippen LogP contribution in [0, 0.1) is 0 Å².